The number of rotatable bonds is 3. The number of nitrogens with zero attached hydrogens (tertiary/aromatic N) is 1. The highest BCUT2D eigenvalue weighted by Gasteiger charge is 2.08. The van der Waals surface area contributed by atoms with E-state index in [2.05, 4.69) is 6.07 Å². The van der Waals surface area contributed by atoms with Gasteiger partial charge in [0.25, 0.3) is 0 Å². The zero-order valence-corrected chi connectivity index (χ0v) is 9.27. The number of aryl methyl sites for hydroxylation is 1. The molecular formula is C11H14N2S. The summed E-state index contributed by atoms with van der Waals surface area (Å²) in [7, 11) is 0. The molecule has 1 aromatic carbocycles. The molecular weight excluding hydrogens is 192 g/mol. The van der Waals surface area contributed by atoms with Crippen LogP contribution >= 0.6 is 11.8 Å². The molecule has 0 aliphatic carbocycles. The standard InChI is InChI=1S/C11H14N2S/c1-3-10(7-12)14-11-5-4-9(13)6-8(11)2/h4-6,10H,3,13H2,1-2H3. The third kappa shape index (κ3) is 2.68. The number of anilines is 1. The average Bonchev–Trinajstić information content (AvgIpc) is 2.17. The maximum atomic E-state index is 8.84. The smallest absolute Gasteiger partial charge is 0.0961 e. The first kappa shape index (κ1) is 10.9. The Labute approximate surface area is 89.1 Å². The summed E-state index contributed by atoms with van der Waals surface area (Å²) in [6, 6.07) is 8.07. The zero-order valence-electron chi connectivity index (χ0n) is 8.45. The van der Waals surface area contributed by atoms with Crippen LogP contribution in [0.2, 0.25) is 0 Å². The lowest BCUT2D eigenvalue weighted by Crippen LogP contribution is -1.96. The molecule has 0 saturated carbocycles. The van der Waals surface area contributed by atoms with Gasteiger partial charge >= 0.3 is 0 Å². The van der Waals surface area contributed by atoms with Gasteiger partial charge in [-0.1, -0.05) is 6.92 Å². The summed E-state index contributed by atoms with van der Waals surface area (Å²) in [5, 5.41) is 8.88. The maximum absolute atomic E-state index is 8.84. The fraction of sp³-hybridized carbons (Fsp3) is 0.364. The molecule has 74 valence electrons. The normalized spacial score (nSPS) is 12.1. The van der Waals surface area contributed by atoms with Crippen LogP contribution in [0.25, 0.3) is 0 Å². The van der Waals surface area contributed by atoms with Gasteiger partial charge in [0.15, 0.2) is 0 Å². The topological polar surface area (TPSA) is 49.8 Å². The van der Waals surface area contributed by atoms with E-state index in [9.17, 15) is 0 Å². The van der Waals surface area contributed by atoms with Crippen LogP contribution in [0.15, 0.2) is 23.1 Å². The van der Waals surface area contributed by atoms with E-state index in [-0.39, 0.29) is 5.25 Å². The van der Waals surface area contributed by atoms with Crippen molar-refractivity contribution < 1.29 is 0 Å². The molecule has 0 aliphatic heterocycles. The minimum atomic E-state index is 0.0392. The van der Waals surface area contributed by atoms with Gasteiger partial charge in [0.2, 0.25) is 0 Å². The van der Waals surface area contributed by atoms with Crippen LogP contribution < -0.4 is 5.73 Å². The Morgan fingerprint density at radius 1 is 1.57 bits per heavy atom. The molecule has 2 nitrogen and oxygen atoms in total. The zero-order chi connectivity index (χ0) is 10.6. The molecule has 1 unspecified atom stereocenters. The van der Waals surface area contributed by atoms with Crippen molar-refractivity contribution in [2.45, 2.75) is 30.4 Å². The highest BCUT2D eigenvalue weighted by Crippen LogP contribution is 2.28. The predicted molar refractivity (Wildman–Crippen MR) is 61.1 cm³/mol. The molecule has 0 heterocycles. The lowest BCUT2D eigenvalue weighted by molar-refractivity contribution is 0.984. The van der Waals surface area contributed by atoms with Gasteiger partial charge in [-0.25, -0.2) is 0 Å². The molecule has 0 radical (unpaired) electrons. The van der Waals surface area contributed by atoms with Crippen molar-refractivity contribution in [3.05, 3.63) is 23.8 Å². The van der Waals surface area contributed by atoms with Crippen LogP contribution in [0.1, 0.15) is 18.9 Å². The minimum absolute atomic E-state index is 0.0392. The molecule has 1 aromatic rings. The molecule has 2 N–H and O–H groups in total. The molecule has 0 fully saturated rings. The number of nitriles is 1. The SMILES string of the molecule is CCC(C#N)Sc1ccc(N)cc1C. The molecule has 1 rings (SSSR count). The van der Waals surface area contributed by atoms with Gasteiger partial charge in [0.1, 0.15) is 0 Å². The van der Waals surface area contributed by atoms with Gasteiger partial charge in [0, 0.05) is 10.6 Å². The molecule has 14 heavy (non-hydrogen) atoms. The quantitative estimate of drug-likeness (QED) is 0.611. The monoisotopic (exact) mass is 206 g/mol. The summed E-state index contributed by atoms with van der Waals surface area (Å²) in [5.41, 5.74) is 7.57. The summed E-state index contributed by atoms with van der Waals surface area (Å²) in [4.78, 5) is 1.15. The number of benzene rings is 1. The van der Waals surface area contributed by atoms with Gasteiger partial charge < -0.3 is 5.73 Å². The molecule has 0 aromatic heterocycles. The Kier molecular flexibility index (Phi) is 3.84. The van der Waals surface area contributed by atoms with E-state index in [1.54, 1.807) is 11.8 Å². The Bertz CT molecular complexity index is 355. The summed E-state index contributed by atoms with van der Waals surface area (Å²) in [6.45, 7) is 4.04. The second-order valence-electron chi connectivity index (χ2n) is 3.17. The van der Waals surface area contributed by atoms with Crippen molar-refractivity contribution in [3.8, 4) is 6.07 Å². The summed E-state index contributed by atoms with van der Waals surface area (Å²) >= 11 is 1.61. The number of thioether (sulfide) groups is 1. The van der Waals surface area contributed by atoms with Gasteiger partial charge in [0.05, 0.1) is 11.3 Å². The van der Waals surface area contributed by atoms with Crippen molar-refractivity contribution in [3.63, 3.8) is 0 Å². The molecule has 0 bridgehead atoms. The fourth-order valence-corrected chi connectivity index (χ4v) is 2.08. The highest BCUT2D eigenvalue weighted by atomic mass is 32.2. The number of nitrogen functional groups attached to an aromatic ring is 1. The van der Waals surface area contributed by atoms with E-state index in [0.29, 0.717) is 0 Å². The van der Waals surface area contributed by atoms with Gasteiger partial charge in [-0.3, -0.25) is 0 Å². The van der Waals surface area contributed by atoms with E-state index in [1.807, 2.05) is 32.0 Å². The van der Waals surface area contributed by atoms with Crippen LogP contribution in [0, 0.1) is 18.3 Å². The third-order valence-corrected chi connectivity index (χ3v) is 3.42. The van der Waals surface area contributed by atoms with Gasteiger partial charge in [-0.05, 0) is 37.1 Å². The maximum Gasteiger partial charge on any atom is 0.0961 e. The van der Waals surface area contributed by atoms with Crippen LogP contribution in [0.4, 0.5) is 5.69 Å². The molecule has 3 heteroatoms. The molecule has 1 atom stereocenters. The summed E-state index contributed by atoms with van der Waals surface area (Å²) < 4.78 is 0. The van der Waals surface area contributed by atoms with E-state index in [4.69, 9.17) is 11.0 Å². The van der Waals surface area contributed by atoms with Crippen LogP contribution in [-0.2, 0) is 0 Å². The van der Waals surface area contributed by atoms with Crippen molar-refractivity contribution in [2.75, 3.05) is 5.73 Å². The Hall–Kier alpha value is -1.14. The average molecular weight is 206 g/mol. The van der Waals surface area contributed by atoms with Crippen molar-refractivity contribution >= 4 is 17.4 Å². The lowest BCUT2D eigenvalue weighted by Gasteiger charge is -2.09. The van der Waals surface area contributed by atoms with Crippen molar-refractivity contribution in [1.82, 2.24) is 0 Å². The molecule has 0 aliphatic rings. The predicted octanol–water partition coefficient (Wildman–Crippen LogP) is 2.97. The first-order chi connectivity index (χ1) is 6.67. The molecule has 0 amide bonds. The van der Waals surface area contributed by atoms with Crippen LogP contribution in [-0.4, -0.2) is 5.25 Å². The fourth-order valence-electron chi connectivity index (χ4n) is 1.16. The second-order valence-corrected chi connectivity index (χ2v) is 4.41. The number of hydrogen-bond acceptors (Lipinski definition) is 3. The number of hydrogen-bond donors (Lipinski definition) is 1. The summed E-state index contributed by atoms with van der Waals surface area (Å²) in [6.07, 6.45) is 0.866. The lowest BCUT2D eigenvalue weighted by atomic mass is 10.2. The Morgan fingerprint density at radius 2 is 2.29 bits per heavy atom. The van der Waals surface area contributed by atoms with Gasteiger partial charge in [-0.15, -0.1) is 11.8 Å². The first-order valence-corrected chi connectivity index (χ1v) is 5.47. The third-order valence-electron chi connectivity index (χ3n) is 1.98. The van der Waals surface area contributed by atoms with Crippen molar-refractivity contribution in [1.29, 1.82) is 5.26 Å². The van der Waals surface area contributed by atoms with Crippen LogP contribution in [0.5, 0.6) is 0 Å². The molecule has 0 spiro atoms. The highest BCUT2D eigenvalue weighted by molar-refractivity contribution is 8.00. The Balaban J connectivity index is 2.82. The first-order valence-electron chi connectivity index (χ1n) is 4.59. The second kappa shape index (κ2) is 4.92. The van der Waals surface area contributed by atoms with E-state index >= 15 is 0 Å². The summed E-state index contributed by atoms with van der Waals surface area (Å²) in [5.74, 6) is 0. The Morgan fingerprint density at radius 3 is 2.79 bits per heavy atom. The molecule has 0 saturated heterocycles. The van der Waals surface area contributed by atoms with E-state index in [0.717, 1.165) is 22.6 Å². The van der Waals surface area contributed by atoms with E-state index in [1.165, 1.54) is 0 Å². The minimum Gasteiger partial charge on any atom is -0.399 e. The van der Waals surface area contributed by atoms with E-state index < -0.39 is 0 Å². The number of nitrogens with two attached hydrogens (primary N) is 1. The van der Waals surface area contributed by atoms with Crippen LogP contribution in [0.3, 0.4) is 0 Å². The largest absolute Gasteiger partial charge is 0.399 e. The van der Waals surface area contributed by atoms with Gasteiger partial charge in [-0.2, -0.15) is 5.26 Å². The van der Waals surface area contributed by atoms with Crippen molar-refractivity contribution in [2.24, 2.45) is 0 Å².